The second kappa shape index (κ2) is 4.04. The third-order valence-electron chi connectivity index (χ3n) is 2.27. The van der Waals surface area contributed by atoms with E-state index < -0.39 is 24.6 Å². The maximum atomic E-state index is 12.2. The molecule has 1 aliphatic heterocycles. The summed E-state index contributed by atoms with van der Waals surface area (Å²) in [5, 5.41) is 1.33. The molecule has 1 aliphatic rings. The SMILES string of the molecule is NC(NCCN1CC1)(C(F)(F)F)C(F)(F)F. The van der Waals surface area contributed by atoms with Gasteiger partial charge in [-0.3, -0.25) is 16.0 Å². The van der Waals surface area contributed by atoms with Gasteiger partial charge in [-0.1, -0.05) is 0 Å². The molecule has 0 atom stereocenters. The van der Waals surface area contributed by atoms with Crippen molar-refractivity contribution < 1.29 is 26.3 Å². The van der Waals surface area contributed by atoms with Crippen molar-refractivity contribution in [2.75, 3.05) is 26.2 Å². The van der Waals surface area contributed by atoms with Crippen LogP contribution in [-0.2, 0) is 0 Å². The summed E-state index contributed by atoms with van der Waals surface area (Å²) in [5.74, 6) is 0. The van der Waals surface area contributed by atoms with Gasteiger partial charge in [0.2, 0.25) is 0 Å². The number of nitrogens with two attached hydrogens (primary N) is 1. The van der Waals surface area contributed by atoms with E-state index in [1.165, 1.54) is 5.32 Å². The van der Waals surface area contributed by atoms with Crippen LogP contribution in [0, 0.1) is 0 Å². The van der Waals surface area contributed by atoms with Gasteiger partial charge in [0, 0.05) is 26.2 Å². The van der Waals surface area contributed by atoms with Crippen LogP contribution in [0.5, 0.6) is 0 Å². The molecule has 0 unspecified atom stereocenters. The van der Waals surface area contributed by atoms with Crippen LogP contribution in [0.15, 0.2) is 0 Å². The lowest BCUT2D eigenvalue weighted by Crippen LogP contribution is -2.72. The summed E-state index contributed by atoms with van der Waals surface area (Å²) in [5.41, 5.74) is 0.0418. The molecule has 1 rings (SSSR count). The van der Waals surface area contributed by atoms with E-state index in [1.807, 2.05) is 0 Å². The van der Waals surface area contributed by atoms with E-state index in [4.69, 9.17) is 0 Å². The first kappa shape index (κ1) is 13.5. The molecule has 0 radical (unpaired) electrons. The quantitative estimate of drug-likeness (QED) is 0.438. The van der Waals surface area contributed by atoms with Gasteiger partial charge in [-0.15, -0.1) is 0 Å². The predicted octanol–water partition coefficient (Wildman–Crippen LogP) is 0.671. The van der Waals surface area contributed by atoms with Gasteiger partial charge in [0.05, 0.1) is 0 Å². The molecule has 3 N–H and O–H groups in total. The smallest absolute Gasteiger partial charge is 0.300 e. The molecule has 0 amide bonds. The van der Waals surface area contributed by atoms with Gasteiger partial charge in [-0.25, -0.2) is 0 Å². The van der Waals surface area contributed by atoms with Gasteiger partial charge in [0.25, 0.3) is 5.66 Å². The van der Waals surface area contributed by atoms with Crippen LogP contribution in [0.2, 0.25) is 0 Å². The Balaban J connectivity index is 2.62. The first-order chi connectivity index (χ1) is 7.08. The summed E-state index contributed by atoms with van der Waals surface area (Å²) in [7, 11) is 0. The van der Waals surface area contributed by atoms with Crippen LogP contribution in [-0.4, -0.2) is 49.1 Å². The van der Waals surface area contributed by atoms with Crippen molar-refractivity contribution in [1.29, 1.82) is 0 Å². The van der Waals surface area contributed by atoms with E-state index in [2.05, 4.69) is 5.73 Å². The van der Waals surface area contributed by atoms with Crippen molar-refractivity contribution in [3.8, 4) is 0 Å². The number of nitrogens with one attached hydrogen (secondary N) is 1. The number of nitrogens with zero attached hydrogens (tertiary/aromatic N) is 1. The standard InChI is InChI=1S/C7H11F6N3/c8-6(9,10)5(14,7(11,12)13)15-1-2-16-3-4-16/h15H,1-4,14H2. The van der Waals surface area contributed by atoms with Crippen LogP contribution in [0.3, 0.4) is 0 Å². The minimum Gasteiger partial charge on any atom is -0.300 e. The van der Waals surface area contributed by atoms with Gasteiger partial charge >= 0.3 is 12.4 Å². The average molecular weight is 251 g/mol. The van der Waals surface area contributed by atoms with Crippen molar-refractivity contribution in [3.05, 3.63) is 0 Å². The van der Waals surface area contributed by atoms with Crippen LogP contribution in [0.4, 0.5) is 26.3 Å². The Morgan fingerprint density at radius 3 is 1.75 bits per heavy atom. The minimum absolute atomic E-state index is 0.116. The summed E-state index contributed by atoms with van der Waals surface area (Å²) in [4.78, 5) is 1.68. The first-order valence-corrected chi connectivity index (χ1v) is 4.47. The van der Waals surface area contributed by atoms with Gasteiger partial charge in [-0.05, 0) is 0 Å². The van der Waals surface area contributed by atoms with Crippen molar-refractivity contribution in [2.45, 2.75) is 18.0 Å². The topological polar surface area (TPSA) is 41.1 Å². The summed E-state index contributed by atoms with van der Waals surface area (Å²) in [6.45, 7) is 1.04. The van der Waals surface area contributed by atoms with Crippen LogP contribution in [0.25, 0.3) is 0 Å². The summed E-state index contributed by atoms with van der Waals surface area (Å²) < 4.78 is 73.3. The normalized spacial score (nSPS) is 18.9. The second-order valence-corrected chi connectivity index (χ2v) is 3.57. The zero-order chi connectivity index (χ0) is 12.6. The van der Waals surface area contributed by atoms with E-state index >= 15 is 0 Å². The predicted molar refractivity (Wildman–Crippen MR) is 43.5 cm³/mol. The maximum absolute atomic E-state index is 12.2. The molecule has 0 aromatic rings. The second-order valence-electron chi connectivity index (χ2n) is 3.57. The lowest BCUT2D eigenvalue weighted by Gasteiger charge is -2.34. The molecular weight excluding hydrogens is 240 g/mol. The fraction of sp³-hybridized carbons (Fsp3) is 1.00. The zero-order valence-corrected chi connectivity index (χ0v) is 8.12. The molecule has 1 saturated heterocycles. The Bertz CT molecular complexity index is 229. The zero-order valence-electron chi connectivity index (χ0n) is 8.12. The molecule has 0 saturated carbocycles. The average Bonchev–Trinajstić information content (AvgIpc) is 2.83. The highest BCUT2D eigenvalue weighted by Crippen LogP contribution is 2.39. The number of hydrogen-bond acceptors (Lipinski definition) is 3. The third-order valence-corrected chi connectivity index (χ3v) is 2.27. The monoisotopic (exact) mass is 251 g/mol. The van der Waals surface area contributed by atoms with Gasteiger partial charge < -0.3 is 0 Å². The van der Waals surface area contributed by atoms with Crippen LogP contribution >= 0.6 is 0 Å². The molecule has 9 heteroatoms. The van der Waals surface area contributed by atoms with E-state index in [9.17, 15) is 26.3 Å². The highest BCUT2D eigenvalue weighted by Gasteiger charge is 2.68. The van der Waals surface area contributed by atoms with Gasteiger partial charge in [0.1, 0.15) is 0 Å². The van der Waals surface area contributed by atoms with Crippen molar-refractivity contribution in [1.82, 2.24) is 10.2 Å². The highest BCUT2D eigenvalue weighted by atomic mass is 19.4. The van der Waals surface area contributed by atoms with Crippen molar-refractivity contribution >= 4 is 0 Å². The molecule has 0 aromatic carbocycles. The highest BCUT2D eigenvalue weighted by molar-refractivity contribution is 4.96. The number of hydrogen-bond donors (Lipinski definition) is 2. The van der Waals surface area contributed by atoms with E-state index in [-0.39, 0.29) is 6.54 Å². The lowest BCUT2D eigenvalue weighted by atomic mass is 10.1. The van der Waals surface area contributed by atoms with Crippen LogP contribution in [0.1, 0.15) is 0 Å². The Kier molecular flexibility index (Phi) is 3.42. The summed E-state index contributed by atoms with van der Waals surface area (Å²) in [6, 6.07) is 0. The fourth-order valence-corrected chi connectivity index (χ4v) is 1.07. The number of halogens is 6. The Labute approximate surface area is 87.6 Å². The summed E-state index contributed by atoms with van der Waals surface area (Å²) in [6.07, 6.45) is -11.2. The Morgan fingerprint density at radius 2 is 1.44 bits per heavy atom. The fourth-order valence-electron chi connectivity index (χ4n) is 1.07. The van der Waals surface area contributed by atoms with Gasteiger partial charge in [0.15, 0.2) is 0 Å². The van der Waals surface area contributed by atoms with Crippen molar-refractivity contribution in [3.63, 3.8) is 0 Å². The van der Waals surface area contributed by atoms with E-state index in [0.717, 1.165) is 0 Å². The third kappa shape index (κ3) is 2.77. The molecule has 1 heterocycles. The Morgan fingerprint density at radius 1 is 1.00 bits per heavy atom. The summed E-state index contributed by atoms with van der Waals surface area (Å²) >= 11 is 0. The first-order valence-electron chi connectivity index (χ1n) is 4.47. The maximum Gasteiger partial charge on any atom is 0.428 e. The molecule has 3 nitrogen and oxygen atoms in total. The largest absolute Gasteiger partial charge is 0.428 e. The lowest BCUT2D eigenvalue weighted by molar-refractivity contribution is -0.306. The van der Waals surface area contributed by atoms with Crippen molar-refractivity contribution in [2.24, 2.45) is 5.73 Å². The molecule has 16 heavy (non-hydrogen) atoms. The number of alkyl halides is 6. The van der Waals surface area contributed by atoms with E-state index in [1.54, 1.807) is 4.90 Å². The molecule has 0 bridgehead atoms. The number of rotatable bonds is 4. The molecule has 0 spiro atoms. The Hall–Kier alpha value is -0.540. The van der Waals surface area contributed by atoms with Crippen LogP contribution < -0.4 is 11.1 Å². The van der Waals surface area contributed by atoms with Gasteiger partial charge in [-0.2, -0.15) is 26.3 Å². The molecule has 1 fully saturated rings. The molecular formula is C7H11F6N3. The molecule has 96 valence electrons. The molecule has 0 aromatic heterocycles. The minimum atomic E-state index is -5.58. The van der Waals surface area contributed by atoms with E-state index in [0.29, 0.717) is 13.1 Å². The molecule has 0 aliphatic carbocycles.